The topological polar surface area (TPSA) is 84.9 Å². The van der Waals surface area contributed by atoms with Gasteiger partial charge < -0.3 is 14.8 Å². The second-order valence-electron chi connectivity index (χ2n) is 7.21. The van der Waals surface area contributed by atoms with Crippen LogP contribution in [0, 0.1) is 13.8 Å². The minimum Gasteiger partial charge on any atom is -0.496 e. The minimum absolute atomic E-state index is 0.137. The lowest BCUT2D eigenvalue weighted by Crippen LogP contribution is -2.28. The maximum Gasteiger partial charge on any atom is 0.242 e. The first-order valence-corrected chi connectivity index (χ1v) is 11.2. The van der Waals surface area contributed by atoms with Crippen molar-refractivity contribution < 1.29 is 22.7 Å². The van der Waals surface area contributed by atoms with Crippen LogP contribution in [0.15, 0.2) is 41.3 Å². The molecule has 0 saturated carbocycles. The number of methoxy groups -OCH3 is 1. The van der Waals surface area contributed by atoms with Crippen LogP contribution in [0.5, 0.6) is 11.5 Å². The molecule has 0 aliphatic rings. The molecule has 1 N–H and O–H groups in total. The third-order valence-corrected chi connectivity index (χ3v) is 6.63. The van der Waals surface area contributed by atoms with E-state index in [2.05, 4.69) is 5.32 Å². The van der Waals surface area contributed by atoms with E-state index in [1.54, 1.807) is 12.1 Å². The standard InChI is InChI=1S/C22H30N2O5S/c1-16-6-8-19(14-17(16)2)29-13-12-23-22(25)11-7-18-15-20(9-10-21(18)28-5)30(26,27)24(3)4/h6,8-10,14-15H,7,11-13H2,1-5H3,(H,23,25). The highest BCUT2D eigenvalue weighted by Crippen LogP contribution is 2.25. The Hall–Kier alpha value is -2.58. The Kier molecular flexibility index (Phi) is 8.25. The number of benzene rings is 2. The lowest BCUT2D eigenvalue weighted by molar-refractivity contribution is -0.121. The summed E-state index contributed by atoms with van der Waals surface area (Å²) in [4.78, 5) is 12.4. The van der Waals surface area contributed by atoms with Gasteiger partial charge in [0.25, 0.3) is 0 Å². The summed E-state index contributed by atoms with van der Waals surface area (Å²) >= 11 is 0. The van der Waals surface area contributed by atoms with Crippen molar-refractivity contribution in [2.45, 2.75) is 31.6 Å². The zero-order valence-corrected chi connectivity index (χ0v) is 19.0. The number of carbonyl (C=O) groups is 1. The van der Waals surface area contributed by atoms with E-state index in [-0.39, 0.29) is 17.2 Å². The molecule has 2 aromatic rings. The average molecular weight is 435 g/mol. The normalized spacial score (nSPS) is 11.4. The van der Waals surface area contributed by atoms with Gasteiger partial charge in [-0.3, -0.25) is 4.79 Å². The van der Waals surface area contributed by atoms with Crippen molar-refractivity contribution in [2.75, 3.05) is 34.4 Å². The molecule has 0 aromatic heterocycles. The summed E-state index contributed by atoms with van der Waals surface area (Å²) < 4.78 is 36.8. The highest BCUT2D eigenvalue weighted by molar-refractivity contribution is 7.89. The number of amides is 1. The summed E-state index contributed by atoms with van der Waals surface area (Å²) in [5, 5.41) is 2.82. The van der Waals surface area contributed by atoms with Crippen LogP contribution in [0.3, 0.4) is 0 Å². The van der Waals surface area contributed by atoms with E-state index in [4.69, 9.17) is 9.47 Å². The van der Waals surface area contributed by atoms with Crippen molar-refractivity contribution in [3.63, 3.8) is 0 Å². The Bertz CT molecular complexity index is 987. The number of hydrogen-bond donors (Lipinski definition) is 1. The fourth-order valence-electron chi connectivity index (χ4n) is 2.82. The summed E-state index contributed by atoms with van der Waals surface area (Å²) in [6, 6.07) is 10.6. The van der Waals surface area contributed by atoms with Gasteiger partial charge >= 0.3 is 0 Å². The number of hydrogen-bond acceptors (Lipinski definition) is 5. The van der Waals surface area contributed by atoms with Crippen LogP contribution in [-0.4, -0.2) is 53.0 Å². The van der Waals surface area contributed by atoms with E-state index >= 15 is 0 Å². The van der Waals surface area contributed by atoms with Gasteiger partial charge in [0.15, 0.2) is 0 Å². The molecule has 7 nitrogen and oxygen atoms in total. The highest BCUT2D eigenvalue weighted by atomic mass is 32.2. The van der Waals surface area contributed by atoms with Crippen LogP contribution >= 0.6 is 0 Å². The Morgan fingerprint density at radius 3 is 2.43 bits per heavy atom. The molecule has 0 bridgehead atoms. The van der Waals surface area contributed by atoms with E-state index < -0.39 is 10.0 Å². The third-order valence-electron chi connectivity index (χ3n) is 4.82. The van der Waals surface area contributed by atoms with E-state index in [0.29, 0.717) is 30.9 Å². The van der Waals surface area contributed by atoms with Gasteiger partial charge in [-0.1, -0.05) is 6.07 Å². The first kappa shape index (κ1) is 23.7. The molecule has 2 aromatic carbocycles. The molecule has 8 heteroatoms. The van der Waals surface area contributed by atoms with Gasteiger partial charge in [0.1, 0.15) is 18.1 Å². The Balaban J connectivity index is 1.88. The molecule has 30 heavy (non-hydrogen) atoms. The minimum atomic E-state index is -3.55. The smallest absolute Gasteiger partial charge is 0.242 e. The number of nitrogens with zero attached hydrogens (tertiary/aromatic N) is 1. The molecular formula is C22H30N2O5S. The van der Waals surface area contributed by atoms with Gasteiger partial charge in [-0.05, 0) is 67.3 Å². The number of ether oxygens (including phenoxy) is 2. The van der Waals surface area contributed by atoms with Crippen molar-refractivity contribution >= 4 is 15.9 Å². The van der Waals surface area contributed by atoms with Gasteiger partial charge in [0.05, 0.1) is 18.6 Å². The first-order valence-electron chi connectivity index (χ1n) is 9.71. The van der Waals surface area contributed by atoms with E-state index in [1.807, 2.05) is 32.0 Å². The van der Waals surface area contributed by atoms with Gasteiger partial charge in [0, 0.05) is 20.5 Å². The summed E-state index contributed by atoms with van der Waals surface area (Å²) in [5.74, 6) is 1.19. The predicted octanol–water partition coefficient (Wildman–Crippen LogP) is 2.69. The molecule has 0 fully saturated rings. The summed E-state index contributed by atoms with van der Waals surface area (Å²) in [6.07, 6.45) is 0.579. The molecule has 0 unspecified atom stereocenters. The summed E-state index contributed by atoms with van der Waals surface area (Å²) in [7, 11) is 0.923. The van der Waals surface area contributed by atoms with Crippen molar-refractivity contribution in [3.05, 3.63) is 53.1 Å². The van der Waals surface area contributed by atoms with E-state index in [1.165, 1.54) is 32.8 Å². The van der Waals surface area contributed by atoms with Gasteiger partial charge in [0.2, 0.25) is 15.9 Å². The molecule has 0 aliphatic heterocycles. The molecule has 164 valence electrons. The SMILES string of the molecule is COc1ccc(S(=O)(=O)N(C)C)cc1CCC(=O)NCCOc1ccc(C)c(C)c1. The third kappa shape index (κ3) is 6.21. The zero-order chi connectivity index (χ0) is 22.3. The van der Waals surface area contributed by atoms with Crippen molar-refractivity contribution in [2.24, 2.45) is 0 Å². The molecule has 2 rings (SSSR count). The maximum atomic E-state index is 12.3. The predicted molar refractivity (Wildman–Crippen MR) is 117 cm³/mol. The number of nitrogens with one attached hydrogen (secondary N) is 1. The zero-order valence-electron chi connectivity index (χ0n) is 18.2. The van der Waals surface area contributed by atoms with Crippen LogP contribution < -0.4 is 14.8 Å². The highest BCUT2D eigenvalue weighted by Gasteiger charge is 2.19. The molecule has 1 amide bonds. The Labute approximate surface area is 179 Å². The van der Waals surface area contributed by atoms with Crippen LogP contribution in [0.25, 0.3) is 0 Å². The van der Waals surface area contributed by atoms with Crippen molar-refractivity contribution in [3.8, 4) is 11.5 Å². The number of aryl methyl sites for hydroxylation is 3. The quantitative estimate of drug-likeness (QED) is 0.581. The summed E-state index contributed by atoms with van der Waals surface area (Å²) in [5.41, 5.74) is 3.03. The van der Waals surface area contributed by atoms with Crippen LogP contribution in [0.1, 0.15) is 23.1 Å². The lowest BCUT2D eigenvalue weighted by atomic mass is 10.1. The molecule has 0 saturated heterocycles. The van der Waals surface area contributed by atoms with Crippen LogP contribution in [-0.2, 0) is 21.2 Å². The molecule has 0 heterocycles. The Morgan fingerprint density at radius 1 is 1.07 bits per heavy atom. The van der Waals surface area contributed by atoms with Crippen molar-refractivity contribution in [1.29, 1.82) is 0 Å². The molecule has 0 aliphatic carbocycles. The fourth-order valence-corrected chi connectivity index (χ4v) is 3.77. The van der Waals surface area contributed by atoms with E-state index in [9.17, 15) is 13.2 Å². The number of carbonyl (C=O) groups excluding carboxylic acids is 1. The largest absolute Gasteiger partial charge is 0.496 e. The fraction of sp³-hybridized carbons (Fsp3) is 0.409. The lowest BCUT2D eigenvalue weighted by Gasteiger charge is -2.14. The van der Waals surface area contributed by atoms with E-state index in [0.717, 1.165) is 15.6 Å². The van der Waals surface area contributed by atoms with Crippen LogP contribution in [0.2, 0.25) is 0 Å². The molecule has 0 spiro atoms. The van der Waals surface area contributed by atoms with Gasteiger partial charge in [-0.25, -0.2) is 12.7 Å². The van der Waals surface area contributed by atoms with Crippen LogP contribution in [0.4, 0.5) is 0 Å². The summed E-state index contributed by atoms with van der Waals surface area (Å²) in [6.45, 7) is 4.82. The first-order chi connectivity index (χ1) is 14.1. The monoisotopic (exact) mass is 434 g/mol. The van der Waals surface area contributed by atoms with Crippen molar-refractivity contribution in [1.82, 2.24) is 9.62 Å². The molecule has 0 atom stereocenters. The Morgan fingerprint density at radius 2 is 1.80 bits per heavy atom. The molecule has 0 radical (unpaired) electrons. The second-order valence-corrected chi connectivity index (χ2v) is 9.36. The molecular weight excluding hydrogens is 404 g/mol. The second kappa shape index (κ2) is 10.4. The van der Waals surface area contributed by atoms with Gasteiger partial charge in [-0.15, -0.1) is 0 Å². The number of sulfonamides is 1. The average Bonchev–Trinajstić information content (AvgIpc) is 2.71. The maximum absolute atomic E-state index is 12.3. The van der Waals surface area contributed by atoms with Gasteiger partial charge in [-0.2, -0.15) is 0 Å². The number of rotatable bonds is 10.